The van der Waals surface area contributed by atoms with Gasteiger partial charge in [0.25, 0.3) is 0 Å². The van der Waals surface area contributed by atoms with Gasteiger partial charge < -0.3 is 13.9 Å². The molecule has 0 aliphatic rings. The van der Waals surface area contributed by atoms with Gasteiger partial charge in [-0.25, -0.2) is 4.79 Å². The van der Waals surface area contributed by atoms with Gasteiger partial charge in [0, 0.05) is 6.54 Å². The molecule has 0 aliphatic heterocycles. The molecule has 130 valence electrons. The normalized spacial score (nSPS) is 11.6. The molecule has 0 aliphatic carbocycles. The van der Waals surface area contributed by atoms with Crippen molar-refractivity contribution < 1.29 is 31.9 Å². The average Bonchev–Trinajstić information content (AvgIpc) is 2.95. The van der Waals surface area contributed by atoms with Gasteiger partial charge in [-0.1, -0.05) is 12.1 Å². The summed E-state index contributed by atoms with van der Waals surface area (Å²) in [5.41, 5.74) is 0.812. The molecule has 1 heterocycles. The summed E-state index contributed by atoms with van der Waals surface area (Å²) in [6.45, 7) is 0.915. The van der Waals surface area contributed by atoms with Crippen LogP contribution in [0.5, 0.6) is 5.75 Å². The third-order valence-electron chi connectivity index (χ3n) is 3.08. The van der Waals surface area contributed by atoms with Crippen LogP contribution in [0.15, 0.2) is 40.8 Å². The molecule has 0 atom stereocenters. The summed E-state index contributed by atoms with van der Waals surface area (Å²) in [5.74, 6) is -0.115. The highest BCUT2D eigenvalue weighted by Crippen LogP contribution is 2.23. The second kappa shape index (κ2) is 7.39. The van der Waals surface area contributed by atoms with E-state index in [0.717, 1.165) is 5.56 Å². The number of nitrogens with zero attached hydrogens (tertiary/aromatic N) is 1. The topological polar surface area (TPSA) is 51.9 Å². The van der Waals surface area contributed by atoms with Crippen LogP contribution in [0, 0.1) is 0 Å². The number of halogens is 3. The number of hydrogen-bond acceptors (Lipinski definition) is 5. The van der Waals surface area contributed by atoms with Crippen LogP contribution < -0.4 is 4.74 Å². The standard InChI is InChI=1S/C16H16F3NO4/c1-20(10-13-7-8-14(23-13)15(21)22-2)9-11-3-5-12(6-4-11)24-16(17,18)19/h3-8H,9-10H2,1-2H3. The number of furan rings is 1. The lowest BCUT2D eigenvalue weighted by molar-refractivity contribution is -0.274. The van der Waals surface area contributed by atoms with Gasteiger partial charge >= 0.3 is 12.3 Å². The first kappa shape index (κ1) is 17.9. The lowest BCUT2D eigenvalue weighted by Gasteiger charge is -2.15. The van der Waals surface area contributed by atoms with Crippen molar-refractivity contribution in [1.29, 1.82) is 0 Å². The predicted molar refractivity (Wildman–Crippen MR) is 78.3 cm³/mol. The Kier molecular flexibility index (Phi) is 5.50. The molecular weight excluding hydrogens is 327 g/mol. The van der Waals surface area contributed by atoms with Gasteiger partial charge in [-0.05, 0) is 36.9 Å². The summed E-state index contributed by atoms with van der Waals surface area (Å²) < 4.78 is 50.1. The maximum atomic E-state index is 12.1. The van der Waals surface area contributed by atoms with Crippen LogP contribution in [0.3, 0.4) is 0 Å². The van der Waals surface area contributed by atoms with Crippen LogP contribution in [0.1, 0.15) is 21.9 Å². The van der Waals surface area contributed by atoms with Gasteiger partial charge in [0.1, 0.15) is 11.5 Å². The summed E-state index contributed by atoms with van der Waals surface area (Å²) in [7, 11) is 3.09. The van der Waals surface area contributed by atoms with Crippen molar-refractivity contribution in [2.75, 3.05) is 14.2 Å². The van der Waals surface area contributed by atoms with Crippen LogP contribution in [0.2, 0.25) is 0 Å². The molecule has 0 spiro atoms. The van der Waals surface area contributed by atoms with Gasteiger partial charge in [-0.15, -0.1) is 13.2 Å². The molecule has 1 aromatic heterocycles. The maximum absolute atomic E-state index is 12.1. The first-order chi connectivity index (χ1) is 11.3. The molecule has 2 aromatic rings. The van der Waals surface area contributed by atoms with E-state index in [1.54, 1.807) is 18.2 Å². The molecule has 24 heavy (non-hydrogen) atoms. The number of carbonyl (C=O) groups is 1. The Hall–Kier alpha value is -2.48. The van der Waals surface area contributed by atoms with Crippen LogP contribution in [-0.4, -0.2) is 31.4 Å². The van der Waals surface area contributed by atoms with E-state index >= 15 is 0 Å². The second-order valence-corrected chi connectivity index (χ2v) is 5.12. The van der Waals surface area contributed by atoms with Crippen LogP contribution in [0.4, 0.5) is 13.2 Å². The number of hydrogen-bond donors (Lipinski definition) is 0. The molecule has 5 nitrogen and oxygen atoms in total. The summed E-state index contributed by atoms with van der Waals surface area (Å²) in [4.78, 5) is 13.2. The minimum atomic E-state index is -4.70. The summed E-state index contributed by atoms with van der Waals surface area (Å²) in [6, 6.07) is 8.83. The number of methoxy groups -OCH3 is 1. The molecule has 8 heteroatoms. The minimum absolute atomic E-state index is 0.120. The fourth-order valence-corrected chi connectivity index (χ4v) is 2.10. The fraction of sp³-hybridized carbons (Fsp3) is 0.312. The molecule has 2 rings (SSSR count). The molecule has 1 aromatic carbocycles. The summed E-state index contributed by atoms with van der Waals surface area (Å²) >= 11 is 0. The Balaban J connectivity index is 1.91. The number of rotatable bonds is 6. The van der Waals surface area contributed by atoms with Crippen molar-refractivity contribution in [1.82, 2.24) is 4.90 Å². The van der Waals surface area contributed by atoms with E-state index in [2.05, 4.69) is 9.47 Å². The monoisotopic (exact) mass is 343 g/mol. The lowest BCUT2D eigenvalue weighted by Crippen LogP contribution is -2.18. The van der Waals surface area contributed by atoms with E-state index < -0.39 is 12.3 Å². The Bertz CT molecular complexity index is 679. The number of ether oxygens (including phenoxy) is 2. The first-order valence-electron chi connectivity index (χ1n) is 6.97. The first-order valence-corrected chi connectivity index (χ1v) is 6.97. The molecule has 0 N–H and O–H groups in total. The summed E-state index contributed by atoms with van der Waals surface area (Å²) in [5, 5.41) is 0. The highest BCUT2D eigenvalue weighted by Gasteiger charge is 2.30. The zero-order chi connectivity index (χ0) is 17.7. The molecule has 0 saturated heterocycles. The highest BCUT2D eigenvalue weighted by molar-refractivity contribution is 5.86. The third-order valence-corrected chi connectivity index (χ3v) is 3.08. The SMILES string of the molecule is COC(=O)c1ccc(CN(C)Cc2ccc(OC(F)(F)F)cc2)o1. The van der Waals surface area contributed by atoms with Crippen molar-refractivity contribution in [3.63, 3.8) is 0 Å². The quantitative estimate of drug-likeness (QED) is 0.750. The zero-order valence-electron chi connectivity index (χ0n) is 13.1. The smallest absolute Gasteiger partial charge is 0.463 e. The Morgan fingerprint density at radius 1 is 1.12 bits per heavy atom. The Morgan fingerprint density at radius 2 is 1.79 bits per heavy atom. The van der Waals surface area contributed by atoms with Crippen molar-refractivity contribution >= 4 is 5.97 Å². The van der Waals surface area contributed by atoms with Crippen molar-refractivity contribution in [2.45, 2.75) is 19.5 Å². The van der Waals surface area contributed by atoms with Crippen molar-refractivity contribution in [3.05, 3.63) is 53.5 Å². The number of benzene rings is 1. The highest BCUT2D eigenvalue weighted by atomic mass is 19.4. The molecule has 0 radical (unpaired) electrons. The van der Waals surface area contributed by atoms with Crippen LogP contribution >= 0.6 is 0 Å². The lowest BCUT2D eigenvalue weighted by atomic mass is 10.2. The van der Waals surface area contributed by atoms with E-state index in [4.69, 9.17) is 4.42 Å². The zero-order valence-corrected chi connectivity index (χ0v) is 13.1. The van der Waals surface area contributed by atoms with Crippen molar-refractivity contribution in [2.24, 2.45) is 0 Å². The predicted octanol–water partition coefficient (Wildman–Crippen LogP) is 3.60. The van der Waals surface area contributed by atoms with E-state index in [1.807, 2.05) is 11.9 Å². The average molecular weight is 343 g/mol. The second-order valence-electron chi connectivity index (χ2n) is 5.12. The fourth-order valence-electron chi connectivity index (χ4n) is 2.10. The maximum Gasteiger partial charge on any atom is 0.573 e. The third kappa shape index (κ3) is 5.31. The molecule has 0 bridgehead atoms. The number of carbonyl (C=O) groups excluding carboxylic acids is 1. The Labute approximate surface area is 136 Å². The van der Waals surface area contributed by atoms with E-state index in [0.29, 0.717) is 18.8 Å². The molecule has 0 amide bonds. The van der Waals surface area contributed by atoms with Gasteiger partial charge in [0.05, 0.1) is 13.7 Å². The van der Waals surface area contributed by atoms with E-state index in [9.17, 15) is 18.0 Å². The van der Waals surface area contributed by atoms with Crippen LogP contribution in [-0.2, 0) is 17.8 Å². The molecular formula is C16H16F3NO4. The number of alkyl halides is 3. The Morgan fingerprint density at radius 3 is 2.38 bits per heavy atom. The van der Waals surface area contributed by atoms with E-state index in [1.165, 1.54) is 25.3 Å². The molecule has 0 unspecified atom stereocenters. The largest absolute Gasteiger partial charge is 0.573 e. The van der Waals surface area contributed by atoms with Gasteiger partial charge in [0.15, 0.2) is 0 Å². The van der Waals surface area contributed by atoms with Crippen molar-refractivity contribution in [3.8, 4) is 5.75 Å². The van der Waals surface area contributed by atoms with Gasteiger partial charge in [-0.3, -0.25) is 4.90 Å². The van der Waals surface area contributed by atoms with Crippen LogP contribution in [0.25, 0.3) is 0 Å². The molecule has 0 saturated carbocycles. The van der Waals surface area contributed by atoms with E-state index in [-0.39, 0.29) is 11.5 Å². The minimum Gasteiger partial charge on any atom is -0.463 e. The summed E-state index contributed by atoms with van der Waals surface area (Å²) in [6.07, 6.45) is -4.70. The molecule has 0 fully saturated rings. The van der Waals surface area contributed by atoms with Gasteiger partial charge in [-0.2, -0.15) is 0 Å². The van der Waals surface area contributed by atoms with Gasteiger partial charge in [0.2, 0.25) is 5.76 Å². The number of esters is 1.